The van der Waals surface area contributed by atoms with Crippen LogP contribution in [0.3, 0.4) is 0 Å². The number of hydrogen-bond acceptors (Lipinski definition) is 6. The molecule has 0 atom stereocenters. The van der Waals surface area contributed by atoms with Crippen LogP contribution >= 0.6 is 0 Å². The average molecular weight is 420 g/mol. The number of benzene rings is 2. The highest BCUT2D eigenvalue weighted by Crippen LogP contribution is 2.28. The van der Waals surface area contributed by atoms with E-state index < -0.39 is 28.5 Å². The lowest BCUT2D eigenvalue weighted by molar-refractivity contribution is -0.119. The fourth-order valence-electron chi connectivity index (χ4n) is 2.72. The van der Waals surface area contributed by atoms with Gasteiger partial charge < -0.3 is 15.0 Å². The van der Waals surface area contributed by atoms with E-state index in [-0.39, 0.29) is 10.6 Å². The van der Waals surface area contributed by atoms with E-state index in [1.807, 2.05) is 25.7 Å². The molecular formula is C20H25N3O5S. The summed E-state index contributed by atoms with van der Waals surface area (Å²) in [4.78, 5) is 26.2. The van der Waals surface area contributed by atoms with Crippen molar-refractivity contribution in [3.05, 3.63) is 53.6 Å². The molecule has 0 aliphatic heterocycles. The van der Waals surface area contributed by atoms with Crippen molar-refractivity contribution in [2.24, 2.45) is 5.14 Å². The topological polar surface area (TPSA) is 119 Å². The summed E-state index contributed by atoms with van der Waals surface area (Å²) in [5.41, 5.74) is 2.25. The Morgan fingerprint density at radius 1 is 1.07 bits per heavy atom. The average Bonchev–Trinajstić information content (AvgIpc) is 2.67. The van der Waals surface area contributed by atoms with Crippen molar-refractivity contribution in [2.75, 3.05) is 29.9 Å². The number of nitrogens with two attached hydrogens (primary N) is 1. The Hall–Kier alpha value is -2.91. The summed E-state index contributed by atoms with van der Waals surface area (Å²) in [5.74, 6) is -1.21. The monoisotopic (exact) mass is 419 g/mol. The number of carbonyl (C=O) groups is 2. The van der Waals surface area contributed by atoms with E-state index in [2.05, 4.69) is 5.32 Å². The number of aryl methyl sites for hydroxylation is 1. The molecule has 2 aromatic carbocycles. The van der Waals surface area contributed by atoms with Gasteiger partial charge in [0.1, 0.15) is 0 Å². The third-order valence-electron chi connectivity index (χ3n) is 4.30. The molecule has 0 radical (unpaired) electrons. The standard InChI is InChI=1S/C20H25N3O5S/c1-4-23(5-2)18-11-10-16(29(21,26)27)12-17(18)22-19(24)13-28-20(25)15-8-6-14(3)7-9-15/h6-12H,4-5,13H2,1-3H3,(H,22,24)(H2,21,26,27). The Balaban J connectivity index is 2.16. The van der Waals surface area contributed by atoms with Gasteiger partial charge in [-0.2, -0.15) is 0 Å². The minimum atomic E-state index is -3.94. The summed E-state index contributed by atoms with van der Waals surface area (Å²) in [5, 5.41) is 7.81. The molecule has 0 saturated carbocycles. The van der Waals surface area contributed by atoms with Crippen LogP contribution in [0.2, 0.25) is 0 Å². The summed E-state index contributed by atoms with van der Waals surface area (Å²) in [6, 6.07) is 11.0. The first kappa shape index (κ1) is 22.4. The highest BCUT2D eigenvalue weighted by molar-refractivity contribution is 7.89. The van der Waals surface area contributed by atoms with Crippen LogP contribution in [0.5, 0.6) is 0 Å². The quantitative estimate of drug-likeness (QED) is 0.634. The number of primary sulfonamides is 1. The van der Waals surface area contributed by atoms with Crippen molar-refractivity contribution in [1.29, 1.82) is 0 Å². The highest BCUT2D eigenvalue weighted by atomic mass is 32.2. The van der Waals surface area contributed by atoms with E-state index >= 15 is 0 Å². The fraction of sp³-hybridized carbons (Fsp3) is 0.300. The number of ether oxygens (including phenoxy) is 1. The Morgan fingerprint density at radius 3 is 2.24 bits per heavy atom. The molecular weight excluding hydrogens is 394 g/mol. The molecule has 0 spiro atoms. The van der Waals surface area contributed by atoms with Crippen LogP contribution < -0.4 is 15.4 Å². The third-order valence-corrected chi connectivity index (χ3v) is 5.21. The molecule has 2 aromatic rings. The minimum Gasteiger partial charge on any atom is -0.452 e. The van der Waals surface area contributed by atoms with E-state index in [4.69, 9.17) is 9.88 Å². The van der Waals surface area contributed by atoms with Gasteiger partial charge in [-0.3, -0.25) is 4.79 Å². The number of nitrogens with zero attached hydrogens (tertiary/aromatic N) is 1. The van der Waals surface area contributed by atoms with Gasteiger partial charge in [0.05, 0.1) is 21.8 Å². The molecule has 0 bridgehead atoms. The van der Waals surface area contributed by atoms with Crippen molar-refractivity contribution in [3.63, 3.8) is 0 Å². The Labute approximate surface area is 170 Å². The van der Waals surface area contributed by atoms with Gasteiger partial charge in [-0.25, -0.2) is 18.4 Å². The summed E-state index contributed by atoms with van der Waals surface area (Å²) in [6.07, 6.45) is 0. The van der Waals surface area contributed by atoms with Crippen molar-refractivity contribution < 1.29 is 22.7 Å². The number of hydrogen-bond donors (Lipinski definition) is 2. The molecule has 0 aliphatic carbocycles. The van der Waals surface area contributed by atoms with Crippen molar-refractivity contribution in [1.82, 2.24) is 0 Å². The molecule has 2 rings (SSSR count). The minimum absolute atomic E-state index is 0.125. The van der Waals surface area contributed by atoms with E-state index in [0.717, 1.165) is 5.56 Å². The molecule has 9 heteroatoms. The summed E-state index contributed by atoms with van der Waals surface area (Å²) >= 11 is 0. The van der Waals surface area contributed by atoms with E-state index in [9.17, 15) is 18.0 Å². The maximum absolute atomic E-state index is 12.3. The molecule has 156 valence electrons. The Bertz CT molecular complexity index is 984. The van der Waals surface area contributed by atoms with Crippen molar-refractivity contribution in [3.8, 4) is 0 Å². The van der Waals surface area contributed by atoms with Crippen LogP contribution in [0.4, 0.5) is 11.4 Å². The van der Waals surface area contributed by atoms with Gasteiger partial charge in [0.15, 0.2) is 6.61 Å². The zero-order valence-corrected chi connectivity index (χ0v) is 17.5. The number of amides is 1. The van der Waals surface area contributed by atoms with E-state index in [0.29, 0.717) is 24.3 Å². The Kier molecular flexibility index (Phi) is 7.35. The molecule has 0 saturated heterocycles. The number of carbonyl (C=O) groups excluding carboxylic acids is 2. The molecule has 0 heterocycles. The van der Waals surface area contributed by atoms with Crippen molar-refractivity contribution in [2.45, 2.75) is 25.7 Å². The maximum atomic E-state index is 12.3. The van der Waals surface area contributed by atoms with Crippen LogP contribution in [0.15, 0.2) is 47.4 Å². The highest BCUT2D eigenvalue weighted by Gasteiger charge is 2.17. The van der Waals surface area contributed by atoms with Gasteiger partial charge in [0, 0.05) is 13.1 Å². The predicted molar refractivity (Wildman–Crippen MR) is 111 cm³/mol. The second-order valence-electron chi connectivity index (χ2n) is 6.39. The van der Waals surface area contributed by atoms with Gasteiger partial charge >= 0.3 is 5.97 Å². The molecule has 0 fully saturated rings. The van der Waals surface area contributed by atoms with E-state index in [1.54, 1.807) is 30.3 Å². The van der Waals surface area contributed by atoms with Gasteiger partial charge in [-0.15, -0.1) is 0 Å². The van der Waals surface area contributed by atoms with Gasteiger partial charge in [-0.1, -0.05) is 17.7 Å². The number of rotatable bonds is 8. The number of nitrogens with one attached hydrogen (secondary N) is 1. The number of esters is 1. The molecule has 0 aromatic heterocycles. The lowest BCUT2D eigenvalue weighted by Gasteiger charge is -2.24. The first-order valence-corrected chi connectivity index (χ1v) is 10.7. The SMILES string of the molecule is CCN(CC)c1ccc(S(N)(=O)=O)cc1NC(=O)COC(=O)c1ccc(C)cc1. The van der Waals surface area contributed by atoms with Crippen molar-refractivity contribution >= 4 is 33.3 Å². The molecule has 0 aliphatic rings. The van der Waals surface area contributed by atoms with Crippen LogP contribution in [0.1, 0.15) is 29.8 Å². The second-order valence-corrected chi connectivity index (χ2v) is 7.95. The lowest BCUT2D eigenvalue weighted by atomic mass is 10.1. The van der Waals surface area contributed by atoms with Crippen LogP contribution in [0.25, 0.3) is 0 Å². The first-order valence-electron chi connectivity index (χ1n) is 9.11. The van der Waals surface area contributed by atoms with Crippen LogP contribution in [-0.2, 0) is 19.6 Å². The smallest absolute Gasteiger partial charge is 0.338 e. The van der Waals surface area contributed by atoms with Gasteiger partial charge in [0.25, 0.3) is 5.91 Å². The lowest BCUT2D eigenvalue weighted by Crippen LogP contribution is -2.26. The van der Waals surface area contributed by atoms with Crippen LogP contribution in [-0.4, -0.2) is 40.0 Å². The number of anilines is 2. The summed E-state index contributed by atoms with van der Waals surface area (Å²) in [7, 11) is -3.94. The third kappa shape index (κ3) is 6.03. The van der Waals surface area contributed by atoms with Gasteiger partial charge in [-0.05, 0) is 51.1 Å². The molecule has 1 amide bonds. The van der Waals surface area contributed by atoms with E-state index in [1.165, 1.54) is 12.1 Å². The predicted octanol–water partition coefficient (Wildman–Crippen LogP) is 2.28. The first-order chi connectivity index (χ1) is 13.7. The van der Waals surface area contributed by atoms with Crippen LogP contribution in [0, 0.1) is 6.92 Å². The molecule has 8 nitrogen and oxygen atoms in total. The fourth-order valence-corrected chi connectivity index (χ4v) is 3.26. The molecule has 29 heavy (non-hydrogen) atoms. The Morgan fingerprint density at radius 2 is 1.69 bits per heavy atom. The summed E-state index contributed by atoms with van der Waals surface area (Å²) < 4.78 is 28.4. The molecule has 0 unspecified atom stereocenters. The second kappa shape index (κ2) is 9.53. The number of sulfonamides is 1. The summed E-state index contributed by atoms with van der Waals surface area (Å²) in [6.45, 7) is 6.56. The zero-order valence-electron chi connectivity index (χ0n) is 16.6. The maximum Gasteiger partial charge on any atom is 0.338 e. The largest absolute Gasteiger partial charge is 0.452 e. The van der Waals surface area contributed by atoms with Gasteiger partial charge in [0.2, 0.25) is 10.0 Å². The normalized spacial score (nSPS) is 11.0. The molecule has 3 N–H and O–H groups in total. The zero-order chi connectivity index (χ0) is 21.6.